The number of hydrogen-bond acceptors (Lipinski definition) is 5. The van der Waals surface area contributed by atoms with Crippen LogP contribution in [0.15, 0.2) is 91.1 Å². The summed E-state index contributed by atoms with van der Waals surface area (Å²) in [5, 5.41) is 11.7. The van der Waals surface area contributed by atoms with Crippen LogP contribution in [0.3, 0.4) is 0 Å². The molecule has 0 unspecified atom stereocenters. The molecule has 1 aliphatic carbocycles. The second-order valence-corrected chi connectivity index (χ2v) is 10.9. The summed E-state index contributed by atoms with van der Waals surface area (Å²) in [6.07, 6.45) is 9.11. The summed E-state index contributed by atoms with van der Waals surface area (Å²) in [5.74, 6) is 1.43. The molecule has 2 aliphatic rings. The highest BCUT2D eigenvalue weighted by Gasteiger charge is 2.27. The van der Waals surface area contributed by atoms with E-state index in [0.29, 0.717) is 51.9 Å². The van der Waals surface area contributed by atoms with Gasteiger partial charge >= 0.3 is 0 Å². The molecule has 3 aromatic carbocycles. The zero-order chi connectivity index (χ0) is 28.6. The summed E-state index contributed by atoms with van der Waals surface area (Å²) in [6.45, 7) is 4.40. The molecule has 7 nitrogen and oxygen atoms in total. The second kappa shape index (κ2) is 13.6. The Morgan fingerprint density at radius 1 is 1.00 bits per heavy atom. The van der Waals surface area contributed by atoms with Crippen molar-refractivity contribution in [3.8, 4) is 5.75 Å². The van der Waals surface area contributed by atoms with Crippen molar-refractivity contribution in [2.24, 2.45) is 5.92 Å². The Kier molecular flexibility index (Phi) is 9.08. The van der Waals surface area contributed by atoms with Crippen LogP contribution in [-0.2, 0) is 9.53 Å². The summed E-state index contributed by atoms with van der Waals surface area (Å²) in [4.78, 5) is 14.0. The number of amides is 1. The smallest absolute Gasteiger partial charge is 0.246 e. The number of rotatable bonds is 11. The van der Waals surface area contributed by atoms with Gasteiger partial charge in [0, 0.05) is 37.6 Å². The molecule has 1 saturated heterocycles. The van der Waals surface area contributed by atoms with Crippen LogP contribution < -0.4 is 10.1 Å². The Morgan fingerprint density at radius 3 is 2.55 bits per heavy atom. The number of allylic oxidation sites excluding steroid dienone is 1. The Labute approximate surface area is 247 Å². The fourth-order valence-electron chi connectivity index (χ4n) is 5.67. The first kappa shape index (κ1) is 27.9. The topological polar surface area (TPSA) is 79.5 Å². The van der Waals surface area contributed by atoms with Gasteiger partial charge in [0.1, 0.15) is 12.4 Å². The quantitative estimate of drug-likeness (QED) is 0.139. The van der Waals surface area contributed by atoms with Crippen LogP contribution in [-0.4, -0.2) is 67.0 Å². The SMILES string of the molecule is O=C(/C=C/CNCCOc1ccc(C(=C(c2ccccc2)C2CCC2)c2ccc3[nH]ncc3c2)cc1)N1CCOCC1. The zero-order valence-corrected chi connectivity index (χ0v) is 23.9. The number of hydrogen-bond donors (Lipinski definition) is 2. The molecule has 7 heteroatoms. The van der Waals surface area contributed by atoms with E-state index in [-0.39, 0.29) is 5.91 Å². The first-order chi connectivity index (χ1) is 20.8. The van der Waals surface area contributed by atoms with E-state index in [1.165, 1.54) is 47.1 Å². The highest BCUT2D eigenvalue weighted by Crippen LogP contribution is 2.45. The average Bonchev–Trinajstić information content (AvgIpc) is 3.49. The molecule has 1 saturated carbocycles. The molecule has 2 fully saturated rings. The fraction of sp³-hybridized carbons (Fsp3) is 0.314. The first-order valence-electron chi connectivity index (χ1n) is 15.0. The number of nitrogens with zero attached hydrogens (tertiary/aromatic N) is 2. The van der Waals surface area contributed by atoms with Gasteiger partial charge in [-0.15, -0.1) is 0 Å². The van der Waals surface area contributed by atoms with Crippen LogP contribution in [0.5, 0.6) is 5.75 Å². The third-order valence-corrected chi connectivity index (χ3v) is 8.13. The second-order valence-electron chi connectivity index (χ2n) is 10.9. The monoisotopic (exact) mass is 562 g/mol. The lowest BCUT2D eigenvalue weighted by molar-refractivity contribution is -0.129. The molecule has 0 spiro atoms. The van der Waals surface area contributed by atoms with Gasteiger partial charge in [-0.25, -0.2) is 0 Å². The lowest BCUT2D eigenvalue weighted by Crippen LogP contribution is -2.39. The molecule has 4 aromatic rings. The third-order valence-electron chi connectivity index (χ3n) is 8.13. The average molecular weight is 563 g/mol. The molecule has 42 heavy (non-hydrogen) atoms. The van der Waals surface area contributed by atoms with Crippen LogP contribution in [0.2, 0.25) is 0 Å². The van der Waals surface area contributed by atoms with Crippen molar-refractivity contribution < 1.29 is 14.3 Å². The Bertz CT molecular complexity index is 1530. The predicted octanol–water partition coefficient (Wildman–Crippen LogP) is 5.71. The molecule has 2 heterocycles. The molecule has 1 aliphatic heterocycles. The molecule has 6 rings (SSSR count). The lowest BCUT2D eigenvalue weighted by atomic mass is 9.73. The number of ether oxygens (including phenoxy) is 2. The van der Waals surface area contributed by atoms with Gasteiger partial charge in [0.25, 0.3) is 0 Å². The van der Waals surface area contributed by atoms with Gasteiger partial charge in [-0.2, -0.15) is 5.10 Å². The zero-order valence-electron chi connectivity index (χ0n) is 23.9. The summed E-state index contributed by atoms with van der Waals surface area (Å²) in [6, 6.07) is 25.9. The van der Waals surface area contributed by atoms with Gasteiger partial charge in [-0.1, -0.05) is 61.0 Å². The lowest BCUT2D eigenvalue weighted by Gasteiger charge is -2.31. The largest absolute Gasteiger partial charge is 0.492 e. The third kappa shape index (κ3) is 6.64. The number of H-pyrrole nitrogens is 1. The van der Waals surface area contributed by atoms with Crippen molar-refractivity contribution in [2.45, 2.75) is 19.3 Å². The Hall–Kier alpha value is -4.20. The van der Waals surface area contributed by atoms with E-state index < -0.39 is 0 Å². The van der Waals surface area contributed by atoms with Crippen LogP contribution in [0, 0.1) is 5.92 Å². The summed E-state index contributed by atoms with van der Waals surface area (Å²) >= 11 is 0. The molecule has 1 amide bonds. The Morgan fingerprint density at radius 2 is 1.79 bits per heavy atom. The van der Waals surface area contributed by atoms with Gasteiger partial charge in [-0.05, 0) is 70.9 Å². The van der Waals surface area contributed by atoms with E-state index in [2.05, 4.69) is 88.3 Å². The molecular formula is C35H38N4O3. The minimum Gasteiger partial charge on any atom is -0.492 e. The summed E-state index contributed by atoms with van der Waals surface area (Å²) in [5.41, 5.74) is 7.41. The number of morpholine rings is 1. The van der Waals surface area contributed by atoms with E-state index in [0.717, 1.165) is 16.7 Å². The number of carbonyl (C=O) groups excluding carboxylic acids is 1. The number of benzene rings is 3. The van der Waals surface area contributed by atoms with Gasteiger partial charge in [0.2, 0.25) is 5.91 Å². The number of nitrogens with one attached hydrogen (secondary N) is 2. The fourth-order valence-corrected chi connectivity index (χ4v) is 5.67. The van der Waals surface area contributed by atoms with Crippen LogP contribution in [0.4, 0.5) is 0 Å². The number of aromatic nitrogens is 2. The minimum absolute atomic E-state index is 0.0438. The Balaban J connectivity index is 1.14. The number of carbonyl (C=O) groups is 1. The van der Waals surface area contributed by atoms with Crippen molar-refractivity contribution in [1.82, 2.24) is 20.4 Å². The first-order valence-corrected chi connectivity index (χ1v) is 15.0. The van der Waals surface area contributed by atoms with E-state index in [1.807, 2.05) is 17.2 Å². The predicted molar refractivity (Wildman–Crippen MR) is 167 cm³/mol. The van der Waals surface area contributed by atoms with Crippen molar-refractivity contribution in [3.05, 3.63) is 108 Å². The van der Waals surface area contributed by atoms with Crippen molar-refractivity contribution in [3.63, 3.8) is 0 Å². The van der Waals surface area contributed by atoms with Gasteiger partial charge in [-0.3, -0.25) is 9.89 Å². The molecule has 2 N–H and O–H groups in total. The summed E-state index contributed by atoms with van der Waals surface area (Å²) < 4.78 is 11.3. The van der Waals surface area contributed by atoms with Crippen molar-refractivity contribution >= 4 is 28.0 Å². The van der Waals surface area contributed by atoms with Crippen molar-refractivity contribution in [1.29, 1.82) is 0 Å². The number of fused-ring (bicyclic) bond motifs is 1. The molecule has 0 atom stereocenters. The minimum atomic E-state index is 0.0438. The highest BCUT2D eigenvalue weighted by molar-refractivity contribution is 6.01. The van der Waals surface area contributed by atoms with Crippen LogP contribution in [0.1, 0.15) is 36.0 Å². The molecule has 216 valence electrons. The van der Waals surface area contributed by atoms with E-state index in [9.17, 15) is 4.79 Å². The molecule has 0 radical (unpaired) electrons. The normalized spacial score (nSPS) is 16.4. The summed E-state index contributed by atoms with van der Waals surface area (Å²) in [7, 11) is 0. The van der Waals surface area contributed by atoms with Gasteiger partial charge in [0.05, 0.1) is 24.9 Å². The van der Waals surface area contributed by atoms with Gasteiger partial charge < -0.3 is 19.7 Å². The standard InChI is InChI=1S/C35H38N4O3/c40-33(39-19-22-41-23-20-39)10-5-17-36-18-21-42-31-14-11-28(12-15-31)35(29-13-16-32-30(24-29)25-37-38-32)34(27-8-4-9-27)26-6-2-1-3-7-26/h1-3,5-7,10-16,24-25,27,36H,4,8-9,17-23H2,(H,37,38)/b10-5+,35-34?. The van der Waals surface area contributed by atoms with Gasteiger partial charge in [0.15, 0.2) is 0 Å². The van der Waals surface area contributed by atoms with E-state index >= 15 is 0 Å². The van der Waals surface area contributed by atoms with Crippen LogP contribution in [0.25, 0.3) is 22.0 Å². The van der Waals surface area contributed by atoms with Crippen LogP contribution >= 0.6 is 0 Å². The molecule has 0 bridgehead atoms. The van der Waals surface area contributed by atoms with Crippen molar-refractivity contribution in [2.75, 3.05) is 46.0 Å². The highest BCUT2D eigenvalue weighted by atomic mass is 16.5. The van der Waals surface area contributed by atoms with E-state index in [4.69, 9.17) is 9.47 Å². The van der Waals surface area contributed by atoms with E-state index in [1.54, 1.807) is 6.08 Å². The maximum atomic E-state index is 12.2. The maximum absolute atomic E-state index is 12.2. The number of aromatic amines is 1. The molecule has 1 aromatic heterocycles. The maximum Gasteiger partial charge on any atom is 0.246 e. The molecular weight excluding hydrogens is 524 g/mol.